The average molecular weight is 307 g/mol. The van der Waals surface area contributed by atoms with Gasteiger partial charge in [0.05, 0.1) is 12.7 Å². The Bertz CT molecular complexity index is 475. The minimum absolute atomic E-state index is 0.136. The van der Waals surface area contributed by atoms with E-state index in [1.54, 1.807) is 11.3 Å². The van der Waals surface area contributed by atoms with Crippen molar-refractivity contribution >= 4 is 11.3 Å². The number of hydrogen-bond acceptors (Lipinski definition) is 4. The van der Waals surface area contributed by atoms with Gasteiger partial charge in [0, 0.05) is 41.9 Å². The molecule has 0 aliphatic carbocycles. The van der Waals surface area contributed by atoms with Crippen LogP contribution in [0, 0.1) is 11.8 Å². The molecule has 0 saturated carbocycles. The Morgan fingerprint density at radius 3 is 3.24 bits per heavy atom. The van der Waals surface area contributed by atoms with Crippen molar-refractivity contribution in [3.8, 4) is 11.8 Å². The van der Waals surface area contributed by atoms with Gasteiger partial charge in [0.15, 0.2) is 0 Å². The molecule has 0 amide bonds. The van der Waals surface area contributed by atoms with Crippen molar-refractivity contribution in [2.45, 2.75) is 45.3 Å². The van der Waals surface area contributed by atoms with Gasteiger partial charge in [0.2, 0.25) is 0 Å². The van der Waals surface area contributed by atoms with E-state index in [0.717, 1.165) is 38.2 Å². The summed E-state index contributed by atoms with van der Waals surface area (Å²) in [6, 6.07) is 2.17. The molecule has 4 heteroatoms. The van der Waals surface area contributed by atoms with E-state index in [9.17, 15) is 0 Å². The van der Waals surface area contributed by atoms with Crippen LogP contribution in [-0.4, -0.2) is 42.4 Å². The molecule has 1 aliphatic rings. The maximum Gasteiger partial charge on any atom is 0.0702 e. The van der Waals surface area contributed by atoms with Gasteiger partial charge in [0.25, 0.3) is 0 Å². The molecule has 1 atom stereocenters. The predicted octanol–water partition coefficient (Wildman–Crippen LogP) is 2.87. The Balaban J connectivity index is 1.82. The van der Waals surface area contributed by atoms with E-state index < -0.39 is 0 Å². The summed E-state index contributed by atoms with van der Waals surface area (Å²) in [4.78, 5) is 3.85. The molecular weight excluding hydrogens is 282 g/mol. The number of likely N-dealkylation sites (tertiary alicyclic amines) is 1. The van der Waals surface area contributed by atoms with Crippen LogP contribution in [0.25, 0.3) is 0 Å². The minimum atomic E-state index is 0.136. The largest absolute Gasteiger partial charge is 0.395 e. The Labute approximate surface area is 131 Å². The highest BCUT2D eigenvalue weighted by Crippen LogP contribution is 2.20. The van der Waals surface area contributed by atoms with Crippen molar-refractivity contribution < 1.29 is 9.84 Å². The lowest BCUT2D eigenvalue weighted by Gasteiger charge is -2.32. The van der Waals surface area contributed by atoms with Gasteiger partial charge in [-0.05, 0) is 31.9 Å². The lowest BCUT2D eigenvalue weighted by Crippen LogP contribution is -2.39. The fourth-order valence-electron chi connectivity index (χ4n) is 2.55. The molecule has 0 bridgehead atoms. The van der Waals surface area contributed by atoms with Gasteiger partial charge in [-0.1, -0.05) is 18.8 Å². The molecule has 1 aromatic rings. The molecule has 1 saturated heterocycles. The van der Waals surface area contributed by atoms with E-state index in [-0.39, 0.29) is 6.61 Å². The van der Waals surface area contributed by atoms with Gasteiger partial charge in [-0.2, -0.15) is 0 Å². The van der Waals surface area contributed by atoms with Gasteiger partial charge in [-0.15, -0.1) is 11.3 Å². The zero-order valence-corrected chi connectivity index (χ0v) is 13.6. The highest BCUT2D eigenvalue weighted by molar-refractivity contribution is 7.10. The molecule has 0 radical (unpaired) electrons. The van der Waals surface area contributed by atoms with Gasteiger partial charge in [-0.25, -0.2) is 0 Å². The zero-order valence-electron chi connectivity index (χ0n) is 12.8. The standard InChI is InChI=1S/C17H25NO2S/c1-2-10-20-16-7-5-8-18(12-16)13-17-11-15(14-21-17)6-3-4-9-19/h11,14,16,19H,2,4-5,7-10,12-13H2,1H3. The van der Waals surface area contributed by atoms with Crippen LogP contribution in [0.15, 0.2) is 11.4 Å². The van der Waals surface area contributed by atoms with E-state index in [2.05, 4.69) is 35.1 Å². The molecule has 0 spiro atoms. The van der Waals surface area contributed by atoms with Gasteiger partial charge >= 0.3 is 0 Å². The summed E-state index contributed by atoms with van der Waals surface area (Å²) >= 11 is 1.77. The first-order chi connectivity index (χ1) is 10.3. The maximum atomic E-state index is 8.73. The third-order valence-electron chi connectivity index (χ3n) is 3.52. The third-order valence-corrected chi connectivity index (χ3v) is 4.44. The van der Waals surface area contributed by atoms with Crippen LogP contribution in [0.3, 0.4) is 0 Å². The van der Waals surface area contributed by atoms with Crippen LogP contribution in [0.4, 0.5) is 0 Å². The van der Waals surface area contributed by atoms with Gasteiger partial charge in [0.1, 0.15) is 0 Å². The van der Waals surface area contributed by atoms with E-state index >= 15 is 0 Å². The summed E-state index contributed by atoms with van der Waals surface area (Å²) in [5.41, 5.74) is 1.07. The lowest BCUT2D eigenvalue weighted by atomic mass is 10.1. The average Bonchev–Trinajstić information content (AvgIpc) is 2.93. The number of piperidine rings is 1. The monoisotopic (exact) mass is 307 g/mol. The fourth-order valence-corrected chi connectivity index (χ4v) is 3.40. The predicted molar refractivity (Wildman–Crippen MR) is 87.4 cm³/mol. The van der Waals surface area contributed by atoms with E-state index in [1.165, 1.54) is 17.7 Å². The van der Waals surface area contributed by atoms with Crippen LogP contribution in [-0.2, 0) is 11.3 Å². The smallest absolute Gasteiger partial charge is 0.0702 e. The molecule has 21 heavy (non-hydrogen) atoms. The highest BCUT2D eigenvalue weighted by Gasteiger charge is 2.20. The summed E-state index contributed by atoms with van der Waals surface area (Å²) in [5.74, 6) is 6.07. The number of aliphatic hydroxyl groups excluding tert-OH is 1. The molecule has 0 aromatic carbocycles. The second-order valence-corrected chi connectivity index (χ2v) is 6.44. The van der Waals surface area contributed by atoms with Crippen molar-refractivity contribution in [3.05, 3.63) is 21.9 Å². The minimum Gasteiger partial charge on any atom is -0.395 e. The van der Waals surface area contributed by atoms with Gasteiger partial charge in [-0.3, -0.25) is 4.90 Å². The van der Waals surface area contributed by atoms with E-state index in [4.69, 9.17) is 9.84 Å². The van der Waals surface area contributed by atoms with Crippen molar-refractivity contribution in [1.82, 2.24) is 4.90 Å². The first-order valence-corrected chi connectivity index (χ1v) is 8.71. The van der Waals surface area contributed by atoms with Crippen LogP contribution in [0.2, 0.25) is 0 Å². The fraction of sp³-hybridized carbons (Fsp3) is 0.647. The Hall–Kier alpha value is -0.860. The molecule has 1 unspecified atom stereocenters. The summed E-state index contributed by atoms with van der Waals surface area (Å²) in [6.07, 6.45) is 4.47. The zero-order chi connectivity index (χ0) is 14.9. The molecule has 1 aromatic heterocycles. The van der Waals surface area contributed by atoms with E-state index in [0.29, 0.717) is 12.5 Å². The molecule has 1 N–H and O–H groups in total. The second kappa shape index (κ2) is 9.22. The number of ether oxygens (including phenoxy) is 1. The quantitative estimate of drug-likeness (QED) is 0.820. The Kier molecular flexibility index (Phi) is 7.25. The molecule has 3 nitrogen and oxygen atoms in total. The number of hydrogen-bond donors (Lipinski definition) is 1. The van der Waals surface area contributed by atoms with Crippen molar-refractivity contribution in [2.75, 3.05) is 26.3 Å². The van der Waals surface area contributed by atoms with Crippen LogP contribution >= 0.6 is 11.3 Å². The lowest BCUT2D eigenvalue weighted by molar-refractivity contribution is -0.00197. The van der Waals surface area contributed by atoms with Crippen LogP contribution in [0.5, 0.6) is 0 Å². The third kappa shape index (κ3) is 5.80. The maximum absolute atomic E-state index is 8.73. The Morgan fingerprint density at radius 1 is 1.52 bits per heavy atom. The molecule has 2 rings (SSSR count). The Morgan fingerprint density at radius 2 is 2.43 bits per heavy atom. The molecule has 116 valence electrons. The topological polar surface area (TPSA) is 32.7 Å². The first-order valence-electron chi connectivity index (χ1n) is 7.83. The van der Waals surface area contributed by atoms with Crippen molar-refractivity contribution in [2.24, 2.45) is 0 Å². The van der Waals surface area contributed by atoms with Gasteiger partial charge < -0.3 is 9.84 Å². The van der Waals surface area contributed by atoms with Crippen molar-refractivity contribution in [1.29, 1.82) is 0 Å². The highest BCUT2D eigenvalue weighted by atomic mass is 32.1. The summed E-state index contributed by atoms with van der Waals surface area (Å²) in [5, 5.41) is 10.8. The number of rotatable bonds is 6. The molecule has 1 fully saturated rings. The second-order valence-electron chi connectivity index (χ2n) is 5.45. The molecule has 2 heterocycles. The summed E-state index contributed by atoms with van der Waals surface area (Å²) < 4.78 is 5.89. The number of aliphatic hydroxyl groups is 1. The normalized spacial score (nSPS) is 19.2. The summed E-state index contributed by atoms with van der Waals surface area (Å²) in [7, 11) is 0. The van der Waals surface area contributed by atoms with E-state index in [1.807, 2.05) is 0 Å². The van der Waals surface area contributed by atoms with Crippen LogP contribution < -0.4 is 0 Å². The number of nitrogens with zero attached hydrogens (tertiary/aromatic N) is 1. The number of thiophene rings is 1. The first kappa shape index (κ1) is 16.5. The van der Waals surface area contributed by atoms with Crippen LogP contribution in [0.1, 0.15) is 43.0 Å². The SMILES string of the molecule is CCCOC1CCCN(Cc2cc(C#CCCO)cs2)C1. The molecular formula is C17H25NO2S. The van der Waals surface area contributed by atoms with Crippen molar-refractivity contribution in [3.63, 3.8) is 0 Å². The summed E-state index contributed by atoms with van der Waals surface area (Å²) in [6.45, 7) is 6.38. The molecule has 1 aliphatic heterocycles.